The van der Waals surface area contributed by atoms with Crippen LogP contribution < -0.4 is 0 Å². The van der Waals surface area contributed by atoms with Gasteiger partial charge in [-0.05, 0) is 51.7 Å². The molecule has 1 saturated carbocycles. The van der Waals surface area contributed by atoms with Crippen molar-refractivity contribution in [3.8, 4) is 5.69 Å². The fraction of sp³-hybridized carbons (Fsp3) is 0.435. The summed E-state index contributed by atoms with van der Waals surface area (Å²) in [6.07, 6.45) is -4.83. The number of hydrogen-bond acceptors (Lipinski definition) is 10. The zero-order valence-corrected chi connectivity index (χ0v) is 20.8. The molecule has 2 aromatic carbocycles. The number of halogens is 1. The van der Waals surface area contributed by atoms with E-state index in [1.54, 1.807) is 0 Å². The van der Waals surface area contributed by atoms with Gasteiger partial charge >= 0.3 is 5.97 Å². The van der Waals surface area contributed by atoms with Crippen LogP contribution in [0, 0.1) is 0 Å². The summed E-state index contributed by atoms with van der Waals surface area (Å²) in [7, 11) is 0. The van der Waals surface area contributed by atoms with Gasteiger partial charge in [0.25, 0.3) is 0 Å². The Morgan fingerprint density at radius 2 is 1.94 bits per heavy atom. The van der Waals surface area contributed by atoms with Crippen molar-refractivity contribution in [1.82, 2.24) is 14.8 Å². The van der Waals surface area contributed by atoms with Crippen molar-refractivity contribution < 1.29 is 34.7 Å². The lowest BCUT2D eigenvalue weighted by Crippen LogP contribution is -2.43. The van der Waals surface area contributed by atoms with Crippen molar-refractivity contribution >= 4 is 44.4 Å². The topological polar surface area (TPSA) is 147 Å². The van der Waals surface area contributed by atoms with Crippen LogP contribution in [0.4, 0.5) is 0 Å². The van der Waals surface area contributed by atoms with Gasteiger partial charge in [-0.2, -0.15) is 0 Å². The van der Waals surface area contributed by atoms with Gasteiger partial charge in [-0.1, -0.05) is 42.1 Å². The van der Waals surface area contributed by atoms with Gasteiger partial charge in [-0.15, -0.1) is 10.2 Å². The second-order valence-electron chi connectivity index (χ2n) is 8.56. The fourth-order valence-electron chi connectivity index (χ4n) is 4.34. The van der Waals surface area contributed by atoms with E-state index in [1.807, 2.05) is 28.8 Å². The summed E-state index contributed by atoms with van der Waals surface area (Å²) in [4.78, 5) is 12.6. The maximum absolute atomic E-state index is 12.6. The SMILES string of the molecule is O=C(CSc1nnc(Br)n1-c1ccc(C2CC2)c2ccccc12)OC1C(O)C(O)OC1C(O)CO. The average molecular weight is 566 g/mol. The van der Waals surface area contributed by atoms with Crippen molar-refractivity contribution in [3.05, 3.63) is 46.7 Å². The Morgan fingerprint density at radius 1 is 1.20 bits per heavy atom. The fourth-order valence-corrected chi connectivity index (χ4v) is 5.62. The van der Waals surface area contributed by atoms with E-state index in [4.69, 9.17) is 9.47 Å². The molecule has 2 heterocycles. The quantitative estimate of drug-likeness (QED) is 0.234. The van der Waals surface area contributed by atoms with Crippen LogP contribution >= 0.6 is 27.7 Å². The minimum absolute atomic E-state index is 0.176. The lowest BCUT2D eigenvalue weighted by Gasteiger charge is -2.23. The molecule has 2 aliphatic rings. The van der Waals surface area contributed by atoms with E-state index in [-0.39, 0.29) is 5.75 Å². The van der Waals surface area contributed by atoms with Gasteiger partial charge < -0.3 is 29.9 Å². The number of thioether (sulfide) groups is 1. The number of esters is 1. The molecule has 3 aromatic rings. The lowest BCUT2D eigenvalue weighted by molar-refractivity contribution is -0.159. The van der Waals surface area contributed by atoms with E-state index in [1.165, 1.54) is 23.8 Å². The largest absolute Gasteiger partial charge is 0.456 e. The van der Waals surface area contributed by atoms with Crippen LogP contribution in [0.15, 0.2) is 46.3 Å². The number of aromatic nitrogens is 3. The molecule has 5 rings (SSSR count). The zero-order valence-electron chi connectivity index (χ0n) is 18.4. The van der Waals surface area contributed by atoms with Crippen LogP contribution in [-0.2, 0) is 14.3 Å². The number of rotatable bonds is 8. The Bertz CT molecular complexity index is 1240. The predicted molar refractivity (Wildman–Crippen MR) is 129 cm³/mol. The number of ether oxygens (including phenoxy) is 2. The van der Waals surface area contributed by atoms with Crippen LogP contribution in [-0.4, -0.2) is 84.2 Å². The first-order valence-corrected chi connectivity index (χ1v) is 12.9. The highest BCUT2D eigenvalue weighted by Crippen LogP contribution is 2.44. The van der Waals surface area contributed by atoms with Gasteiger partial charge in [0.15, 0.2) is 17.6 Å². The van der Waals surface area contributed by atoms with Crippen molar-refractivity contribution in [2.75, 3.05) is 12.4 Å². The van der Waals surface area contributed by atoms with Crippen LogP contribution in [0.1, 0.15) is 24.3 Å². The Hall–Kier alpha value is -2.06. The third-order valence-corrected chi connectivity index (χ3v) is 7.60. The molecule has 1 aliphatic carbocycles. The summed E-state index contributed by atoms with van der Waals surface area (Å²) in [6.45, 7) is -0.683. The van der Waals surface area contributed by atoms with Crippen LogP contribution in [0.25, 0.3) is 16.5 Å². The summed E-state index contributed by atoms with van der Waals surface area (Å²) >= 11 is 4.55. The minimum Gasteiger partial charge on any atom is -0.456 e. The van der Waals surface area contributed by atoms with Gasteiger partial charge in [0.2, 0.25) is 4.73 Å². The second kappa shape index (κ2) is 10.1. The van der Waals surface area contributed by atoms with Gasteiger partial charge in [0.05, 0.1) is 18.0 Å². The van der Waals surface area contributed by atoms with Crippen molar-refractivity contribution in [1.29, 1.82) is 0 Å². The summed E-state index contributed by atoms with van der Waals surface area (Å²) in [6, 6.07) is 12.3. The monoisotopic (exact) mass is 565 g/mol. The molecule has 35 heavy (non-hydrogen) atoms. The minimum atomic E-state index is -1.64. The molecule has 12 heteroatoms. The van der Waals surface area contributed by atoms with E-state index in [0.29, 0.717) is 15.8 Å². The van der Waals surface area contributed by atoms with Crippen LogP contribution in [0.5, 0.6) is 0 Å². The summed E-state index contributed by atoms with van der Waals surface area (Å²) in [5.74, 6) is -0.306. The summed E-state index contributed by atoms with van der Waals surface area (Å²) in [5, 5.41) is 49.8. The highest BCUT2D eigenvalue weighted by atomic mass is 79.9. The van der Waals surface area contributed by atoms with Crippen molar-refractivity contribution in [3.63, 3.8) is 0 Å². The second-order valence-corrected chi connectivity index (χ2v) is 10.2. The lowest BCUT2D eigenvalue weighted by atomic mass is 9.99. The average Bonchev–Trinajstić information content (AvgIpc) is 3.59. The summed E-state index contributed by atoms with van der Waals surface area (Å²) in [5.41, 5.74) is 2.19. The van der Waals surface area contributed by atoms with E-state index in [2.05, 4.69) is 38.3 Å². The van der Waals surface area contributed by atoms with Crippen molar-refractivity contribution in [2.45, 2.75) is 54.6 Å². The number of carbonyl (C=O) groups is 1. The maximum Gasteiger partial charge on any atom is 0.316 e. The maximum atomic E-state index is 12.6. The van der Waals surface area contributed by atoms with E-state index in [0.717, 1.165) is 22.8 Å². The molecule has 0 radical (unpaired) electrons. The Kier molecular flexibility index (Phi) is 7.13. The first-order valence-electron chi connectivity index (χ1n) is 11.1. The Labute approximate surface area is 213 Å². The van der Waals surface area contributed by atoms with Crippen LogP contribution in [0.2, 0.25) is 0 Å². The smallest absolute Gasteiger partial charge is 0.316 e. The first-order chi connectivity index (χ1) is 16.9. The molecule has 1 aliphatic heterocycles. The van der Waals surface area contributed by atoms with Crippen LogP contribution in [0.3, 0.4) is 0 Å². The van der Waals surface area contributed by atoms with E-state index < -0.39 is 43.3 Å². The summed E-state index contributed by atoms with van der Waals surface area (Å²) < 4.78 is 12.6. The normalized spacial score (nSPS) is 25.2. The molecule has 186 valence electrons. The molecule has 5 atom stereocenters. The molecule has 2 fully saturated rings. The Morgan fingerprint density at radius 3 is 2.66 bits per heavy atom. The highest BCUT2D eigenvalue weighted by Gasteiger charge is 2.48. The molecule has 0 amide bonds. The molecular formula is C23H24BrN3O7S. The van der Waals surface area contributed by atoms with Crippen molar-refractivity contribution in [2.24, 2.45) is 0 Å². The molecule has 4 N–H and O–H groups in total. The molecule has 0 bridgehead atoms. The number of fused-ring (bicyclic) bond motifs is 1. The number of benzene rings is 2. The van der Waals surface area contributed by atoms with Gasteiger partial charge in [-0.25, -0.2) is 0 Å². The number of hydrogen-bond donors (Lipinski definition) is 4. The molecule has 10 nitrogen and oxygen atoms in total. The number of aliphatic hydroxyl groups is 4. The Balaban J connectivity index is 1.35. The van der Waals surface area contributed by atoms with E-state index in [9.17, 15) is 25.2 Å². The first kappa shape index (κ1) is 24.6. The van der Waals surface area contributed by atoms with E-state index >= 15 is 0 Å². The molecule has 5 unspecified atom stereocenters. The predicted octanol–water partition coefficient (Wildman–Crippen LogP) is 1.50. The molecule has 1 saturated heterocycles. The number of nitrogens with zero attached hydrogens (tertiary/aromatic N) is 3. The third-order valence-electron chi connectivity index (χ3n) is 6.19. The standard InChI is InChI=1S/C23H24BrN3O7S/c24-22-25-26-23(35-10-17(30)33-20-18(31)21(32)34-19(20)16(29)9-28)27(22)15-8-7-12(11-5-6-11)13-3-1-2-4-14(13)15/h1-4,7-8,11,16,18-21,28-29,31-32H,5-6,9-10H2. The molecule has 0 spiro atoms. The number of aliphatic hydroxyl groups excluding tert-OH is 4. The zero-order chi connectivity index (χ0) is 24.7. The molecular weight excluding hydrogens is 542 g/mol. The highest BCUT2D eigenvalue weighted by molar-refractivity contribution is 9.10. The van der Waals surface area contributed by atoms with Gasteiger partial charge in [-0.3, -0.25) is 9.36 Å². The molecule has 1 aromatic heterocycles. The third kappa shape index (κ3) is 4.84. The number of carbonyl (C=O) groups excluding carboxylic acids is 1. The van der Waals surface area contributed by atoms with Gasteiger partial charge in [0, 0.05) is 5.39 Å². The van der Waals surface area contributed by atoms with Gasteiger partial charge in [0.1, 0.15) is 18.3 Å².